The number of hydrogen-bond donors (Lipinski definition) is 1. The average Bonchev–Trinajstić information content (AvgIpc) is 2.74. The molecule has 1 aromatic carbocycles. The van der Waals surface area contributed by atoms with Gasteiger partial charge in [-0.3, -0.25) is 10.1 Å². The fraction of sp³-hybridized carbons (Fsp3) is 0.462. The highest BCUT2D eigenvalue weighted by Gasteiger charge is 2.26. The molecule has 0 amide bonds. The van der Waals surface area contributed by atoms with Gasteiger partial charge >= 0.3 is 0 Å². The Balaban J connectivity index is 2.48. The third kappa shape index (κ3) is 2.74. The molecule has 0 aliphatic rings. The molecule has 102 valence electrons. The van der Waals surface area contributed by atoms with Gasteiger partial charge in [-0.25, -0.2) is 4.98 Å². The number of nitro benzene ring substituents is 1. The van der Waals surface area contributed by atoms with Gasteiger partial charge in [0.15, 0.2) is 5.52 Å². The molecule has 1 unspecified atom stereocenters. The van der Waals surface area contributed by atoms with E-state index in [1.54, 1.807) is 11.6 Å². The quantitative estimate of drug-likeness (QED) is 0.691. The van der Waals surface area contributed by atoms with Crippen LogP contribution in [0.4, 0.5) is 5.69 Å². The molecule has 0 spiro atoms. The Morgan fingerprint density at radius 2 is 2.16 bits per heavy atom. The van der Waals surface area contributed by atoms with Gasteiger partial charge in [0.2, 0.25) is 0 Å². The molecule has 0 saturated carbocycles. The van der Waals surface area contributed by atoms with E-state index in [9.17, 15) is 10.1 Å². The highest BCUT2D eigenvalue weighted by atomic mass is 32.1. The van der Waals surface area contributed by atoms with E-state index in [1.165, 1.54) is 11.3 Å². The molecule has 1 aromatic heterocycles. The number of rotatable bonds is 3. The largest absolute Gasteiger partial charge is 0.327 e. The maximum absolute atomic E-state index is 11.3. The summed E-state index contributed by atoms with van der Waals surface area (Å²) in [5.41, 5.74) is 8.89. The van der Waals surface area contributed by atoms with Crippen molar-refractivity contribution in [2.75, 3.05) is 0 Å². The zero-order valence-electron chi connectivity index (χ0n) is 11.2. The maximum atomic E-state index is 11.3. The van der Waals surface area contributed by atoms with Gasteiger partial charge < -0.3 is 5.73 Å². The van der Waals surface area contributed by atoms with Crippen LogP contribution < -0.4 is 5.73 Å². The van der Waals surface area contributed by atoms with Gasteiger partial charge in [0.1, 0.15) is 0 Å². The number of benzene rings is 1. The van der Waals surface area contributed by atoms with Crippen molar-refractivity contribution in [2.45, 2.75) is 33.2 Å². The summed E-state index contributed by atoms with van der Waals surface area (Å²) in [6.45, 7) is 6.10. The summed E-state index contributed by atoms with van der Waals surface area (Å²) in [6.07, 6.45) is 0.479. The van der Waals surface area contributed by atoms with E-state index >= 15 is 0 Å². The van der Waals surface area contributed by atoms with Crippen LogP contribution in [0.1, 0.15) is 26.3 Å². The van der Waals surface area contributed by atoms with E-state index in [-0.39, 0.29) is 22.1 Å². The standard InChI is InChI=1S/C13H17N3O2S/c1-13(2,3)10(14)6-8-4-5-9-11(15-7-19-9)12(8)16(17)18/h4-5,7,10H,6,14H2,1-3H3. The average molecular weight is 279 g/mol. The SMILES string of the molecule is CC(C)(C)C(N)Cc1ccc2scnc2c1[N+](=O)[O-]. The minimum absolute atomic E-state index is 0.0924. The molecular weight excluding hydrogens is 262 g/mol. The van der Waals surface area contributed by atoms with Gasteiger partial charge in [0, 0.05) is 11.6 Å². The lowest BCUT2D eigenvalue weighted by Crippen LogP contribution is -2.37. The highest BCUT2D eigenvalue weighted by molar-refractivity contribution is 7.16. The molecule has 2 rings (SSSR count). The van der Waals surface area contributed by atoms with Crippen LogP contribution in [0.2, 0.25) is 0 Å². The maximum Gasteiger partial charge on any atom is 0.299 e. The highest BCUT2D eigenvalue weighted by Crippen LogP contribution is 2.33. The number of nitro groups is 1. The summed E-state index contributed by atoms with van der Waals surface area (Å²) in [5, 5.41) is 11.3. The lowest BCUT2D eigenvalue weighted by Gasteiger charge is -2.26. The fourth-order valence-corrected chi connectivity index (χ4v) is 2.55. The number of nitrogens with two attached hydrogens (primary N) is 1. The van der Waals surface area contributed by atoms with Gasteiger partial charge in [-0.15, -0.1) is 11.3 Å². The lowest BCUT2D eigenvalue weighted by molar-refractivity contribution is -0.383. The second kappa shape index (κ2) is 4.86. The summed E-state index contributed by atoms with van der Waals surface area (Å²) in [5.74, 6) is 0. The molecule has 19 heavy (non-hydrogen) atoms. The predicted octanol–water partition coefficient (Wildman–Crippen LogP) is 3.12. The first-order valence-electron chi connectivity index (χ1n) is 6.05. The molecule has 2 N–H and O–H groups in total. The predicted molar refractivity (Wildman–Crippen MR) is 77.4 cm³/mol. The summed E-state index contributed by atoms with van der Waals surface area (Å²) >= 11 is 1.41. The number of aromatic nitrogens is 1. The van der Waals surface area contributed by atoms with Gasteiger partial charge in [-0.2, -0.15) is 0 Å². The zero-order chi connectivity index (χ0) is 14.2. The van der Waals surface area contributed by atoms with Crippen LogP contribution in [-0.2, 0) is 6.42 Å². The van der Waals surface area contributed by atoms with Gasteiger partial charge in [-0.1, -0.05) is 26.8 Å². The molecular formula is C13H17N3O2S. The molecule has 0 radical (unpaired) electrons. The Morgan fingerprint density at radius 1 is 1.47 bits per heavy atom. The summed E-state index contributed by atoms with van der Waals surface area (Å²) in [6, 6.07) is 3.54. The first-order valence-corrected chi connectivity index (χ1v) is 6.93. The third-order valence-corrected chi connectivity index (χ3v) is 4.09. The van der Waals surface area contributed by atoms with Crippen molar-refractivity contribution in [1.82, 2.24) is 4.98 Å². The Kier molecular flexibility index (Phi) is 3.56. The van der Waals surface area contributed by atoms with Crippen LogP contribution in [0.3, 0.4) is 0 Å². The first kappa shape index (κ1) is 13.9. The molecule has 5 nitrogen and oxygen atoms in total. The first-order chi connectivity index (χ1) is 8.80. The molecule has 0 aliphatic heterocycles. The minimum atomic E-state index is -0.354. The van der Waals surface area contributed by atoms with E-state index < -0.39 is 0 Å². The van der Waals surface area contributed by atoms with Crippen molar-refractivity contribution in [3.05, 3.63) is 33.3 Å². The molecule has 0 fully saturated rings. The van der Waals surface area contributed by atoms with Crippen LogP contribution in [0.25, 0.3) is 10.2 Å². The second-order valence-corrected chi connectivity index (χ2v) is 6.59. The number of hydrogen-bond acceptors (Lipinski definition) is 5. The van der Waals surface area contributed by atoms with Crippen molar-refractivity contribution in [3.63, 3.8) is 0 Å². The van der Waals surface area contributed by atoms with Gasteiger partial charge in [0.05, 0.1) is 15.1 Å². The van der Waals surface area contributed by atoms with E-state index in [0.29, 0.717) is 17.5 Å². The van der Waals surface area contributed by atoms with Crippen molar-refractivity contribution in [2.24, 2.45) is 11.1 Å². The Hall–Kier alpha value is -1.53. The van der Waals surface area contributed by atoms with Crippen molar-refractivity contribution >= 4 is 27.2 Å². The molecule has 0 saturated heterocycles. The summed E-state index contributed by atoms with van der Waals surface area (Å²) < 4.78 is 0.833. The Bertz CT molecular complexity index is 616. The Morgan fingerprint density at radius 3 is 2.74 bits per heavy atom. The zero-order valence-corrected chi connectivity index (χ0v) is 12.0. The topological polar surface area (TPSA) is 82.0 Å². The van der Waals surface area contributed by atoms with Crippen LogP contribution >= 0.6 is 11.3 Å². The molecule has 6 heteroatoms. The second-order valence-electron chi connectivity index (χ2n) is 5.71. The van der Waals surface area contributed by atoms with Gasteiger partial charge in [-0.05, 0) is 17.9 Å². The molecule has 0 aliphatic carbocycles. The number of fused-ring (bicyclic) bond motifs is 1. The summed E-state index contributed by atoms with van der Waals surface area (Å²) in [4.78, 5) is 15.0. The van der Waals surface area contributed by atoms with E-state index in [4.69, 9.17) is 5.73 Å². The van der Waals surface area contributed by atoms with Crippen LogP contribution in [0.15, 0.2) is 17.6 Å². The molecule has 1 atom stereocenters. The van der Waals surface area contributed by atoms with E-state index in [2.05, 4.69) is 4.98 Å². The van der Waals surface area contributed by atoms with Crippen molar-refractivity contribution in [3.8, 4) is 0 Å². The number of nitrogens with zero attached hydrogens (tertiary/aromatic N) is 2. The number of thiazole rings is 1. The van der Waals surface area contributed by atoms with Crippen molar-refractivity contribution < 1.29 is 4.92 Å². The van der Waals surface area contributed by atoms with E-state index in [0.717, 1.165) is 4.70 Å². The molecule has 1 heterocycles. The lowest BCUT2D eigenvalue weighted by atomic mass is 9.83. The fourth-order valence-electron chi connectivity index (χ4n) is 1.87. The monoisotopic (exact) mass is 279 g/mol. The van der Waals surface area contributed by atoms with Crippen LogP contribution in [0, 0.1) is 15.5 Å². The minimum Gasteiger partial charge on any atom is -0.327 e. The smallest absolute Gasteiger partial charge is 0.299 e. The Labute approximate surface area is 115 Å². The van der Waals surface area contributed by atoms with Gasteiger partial charge in [0.25, 0.3) is 5.69 Å². The normalized spacial score (nSPS) is 13.7. The van der Waals surface area contributed by atoms with E-state index in [1.807, 2.05) is 26.8 Å². The van der Waals surface area contributed by atoms with Crippen LogP contribution in [-0.4, -0.2) is 15.9 Å². The summed E-state index contributed by atoms with van der Waals surface area (Å²) in [7, 11) is 0. The molecule has 0 bridgehead atoms. The van der Waals surface area contributed by atoms with Crippen molar-refractivity contribution in [1.29, 1.82) is 0 Å². The molecule has 2 aromatic rings. The third-order valence-electron chi connectivity index (χ3n) is 3.29. The van der Waals surface area contributed by atoms with Crippen LogP contribution in [0.5, 0.6) is 0 Å².